The second kappa shape index (κ2) is 3.57. The summed E-state index contributed by atoms with van der Waals surface area (Å²) >= 11 is 0. The van der Waals surface area contributed by atoms with E-state index in [-0.39, 0.29) is 0 Å². The predicted octanol–water partition coefficient (Wildman–Crippen LogP) is 2.52. The summed E-state index contributed by atoms with van der Waals surface area (Å²) in [5.74, 6) is 1.38. The van der Waals surface area contributed by atoms with E-state index in [1.807, 2.05) is 6.20 Å². The highest BCUT2D eigenvalue weighted by Gasteiger charge is 2.07. The van der Waals surface area contributed by atoms with E-state index < -0.39 is 0 Å². The van der Waals surface area contributed by atoms with Crippen LogP contribution in [0.4, 0.5) is 0 Å². The molecule has 0 spiro atoms. The van der Waals surface area contributed by atoms with Crippen LogP contribution in [0.2, 0.25) is 0 Å². The van der Waals surface area contributed by atoms with E-state index in [9.17, 15) is 0 Å². The van der Waals surface area contributed by atoms with Crippen molar-refractivity contribution < 1.29 is 4.74 Å². The molecule has 0 aliphatic rings. The first-order valence-electron chi connectivity index (χ1n) is 4.15. The fourth-order valence-electron chi connectivity index (χ4n) is 1.31. The third kappa shape index (κ3) is 1.58. The molecule has 1 aromatic rings. The van der Waals surface area contributed by atoms with Gasteiger partial charge in [-0.2, -0.15) is 0 Å². The Balaban J connectivity index is 3.14. The maximum absolute atomic E-state index is 5.17. The number of hydrogen-bond acceptors (Lipinski definition) is 2. The monoisotopic (exact) mass is 165 g/mol. The van der Waals surface area contributed by atoms with E-state index >= 15 is 0 Å². The number of pyridine rings is 1. The second-order valence-corrected chi connectivity index (χ2v) is 3.21. The maximum atomic E-state index is 5.17. The summed E-state index contributed by atoms with van der Waals surface area (Å²) < 4.78 is 5.17. The maximum Gasteiger partial charge on any atom is 0.140 e. The molecule has 0 aromatic carbocycles. The number of ether oxygens (including phenoxy) is 1. The molecule has 0 fully saturated rings. The minimum absolute atomic E-state index is 0.507. The minimum atomic E-state index is 0.507. The molecule has 0 saturated heterocycles. The van der Waals surface area contributed by atoms with Crippen molar-refractivity contribution in [2.45, 2.75) is 26.7 Å². The summed E-state index contributed by atoms with van der Waals surface area (Å²) in [6, 6.07) is 0. The molecule has 0 unspecified atom stereocenters. The van der Waals surface area contributed by atoms with Crippen molar-refractivity contribution in [2.24, 2.45) is 0 Å². The van der Waals surface area contributed by atoms with Crippen LogP contribution < -0.4 is 4.74 Å². The van der Waals surface area contributed by atoms with Gasteiger partial charge in [0.05, 0.1) is 13.3 Å². The van der Waals surface area contributed by atoms with Crippen molar-refractivity contribution in [3.63, 3.8) is 0 Å². The average Bonchev–Trinajstić information content (AvgIpc) is 2.04. The lowest BCUT2D eigenvalue weighted by Gasteiger charge is -2.11. The normalized spacial score (nSPS) is 10.4. The lowest BCUT2D eigenvalue weighted by Crippen LogP contribution is -1.96. The topological polar surface area (TPSA) is 22.1 Å². The Morgan fingerprint density at radius 3 is 2.50 bits per heavy atom. The van der Waals surface area contributed by atoms with Gasteiger partial charge in [0.2, 0.25) is 0 Å². The summed E-state index contributed by atoms with van der Waals surface area (Å²) in [5, 5.41) is 0. The Labute approximate surface area is 73.6 Å². The predicted molar refractivity (Wildman–Crippen MR) is 49.6 cm³/mol. The molecule has 1 heterocycles. The van der Waals surface area contributed by atoms with Gasteiger partial charge in [-0.3, -0.25) is 4.98 Å². The lowest BCUT2D eigenvalue weighted by atomic mass is 10.0. The quantitative estimate of drug-likeness (QED) is 0.671. The molecule has 2 nitrogen and oxygen atoms in total. The molecule has 0 radical (unpaired) electrons. The Bertz CT molecular complexity index is 269. The summed E-state index contributed by atoms with van der Waals surface area (Å²) in [5.41, 5.74) is 2.46. The van der Waals surface area contributed by atoms with Crippen LogP contribution in [0.25, 0.3) is 0 Å². The van der Waals surface area contributed by atoms with Crippen LogP contribution in [0.5, 0.6) is 5.75 Å². The van der Waals surface area contributed by atoms with E-state index in [0.29, 0.717) is 5.92 Å². The van der Waals surface area contributed by atoms with Gasteiger partial charge < -0.3 is 4.74 Å². The fourth-order valence-corrected chi connectivity index (χ4v) is 1.31. The zero-order chi connectivity index (χ0) is 9.14. The zero-order valence-corrected chi connectivity index (χ0v) is 8.09. The van der Waals surface area contributed by atoms with Crippen LogP contribution >= 0.6 is 0 Å². The molecule has 12 heavy (non-hydrogen) atoms. The van der Waals surface area contributed by atoms with Gasteiger partial charge in [-0.05, 0) is 24.0 Å². The highest BCUT2D eigenvalue weighted by Crippen LogP contribution is 2.24. The molecule has 0 amide bonds. The first-order valence-corrected chi connectivity index (χ1v) is 4.15. The fraction of sp³-hybridized carbons (Fsp3) is 0.500. The molecule has 66 valence electrons. The number of methoxy groups -OCH3 is 1. The molecule has 0 saturated carbocycles. The van der Waals surface area contributed by atoms with Crippen LogP contribution in [-0.4, -0.2) is 12.1 Å². The average molecular weight is 165 g/mol. The van der Waals surface area contributed by atoms with Crippen LogP contribution in [0, 0.1) is 6.92 Å². The number of nitrogens with zero attached hydrogens (tertiary/aromatic N) is 1. The van der Waals surface area contributed by atoms with Gasteiger partial charge >= 0.3 is 0 Å². The van der Waals surface area contributed by atoms with Crippen molar-refractivity contribution in [1.82, 2.24) is 4.98 Å². The van der Waals surface area contributed by atoms with Crippen molar-refractivity contribution >= 4 is 0 Å². The van der Waals surface area contributed by atoms with E-state index in [1.54, 1.807) is 13.3 Å². The van der Waals surface area contributed by atoms with Crippen LogP contribution in [0.1, 0.15) is 30.9 Å². The Hall–Kier alpha value is -1.05. The van der Waals surface area contributed by atoms with E-state index in [2.05, 4.69) is 25.8 Å². The third-order valence-corrected chi connectivity index (χ3v) is 2.05. The van der Waals surface area contributed by atoms with Crippen molar-refractivity contribution in [3.05, 3.63) is 23.5 Å². The summed E-state index contributed by atoms with van der Waals surface area (Å²) in [4.78, 5) is 4.11. The molecule has 1 rings (SSSR count). The largest absolute Gasteiger partial charge is 0.495 e. The zero-order valence-electron chi connectivity index (χ0n) is 8.09. The van der Waals surface area contributed by atoms with Crippen molar-refractivity contribution in [1.29, 1.82) is 0 Å². The van der Waals surface area contributed by atoms with Gasteiger partial charge in [-0.1, -0.05) is 13.8 Å². The molecule has 0 bridgehead atoms. The number of aromatic nitrogens is 1. The highest BCUT2D eigenvalue weighted by atomic mass is 16.5. The standard InChI is InChI=1S/C10H15NO/c1-7(2)9-5-11-6-10(12-4)8(9)3/h5-7H,1-4H3. The third-order valence-electron chi connectivity index (χ3n) is 2.05. The van der Waals surface area contributed by atoms with E-state index in [4.69, 9.17) is 4.74 Å². The lowest BCUT2D eigenvalue weighted by molar-refractivity contribution is 0.408. The smallest absolute Gasteiger partial charge is 0.140 e. The molecule has 2 heteroatoms. The molecule has 0 atom stereocenters. The Morgan fingerprint density at radius 2 is 2.00 bits per heavy atom. The summed E-state index contributed by atoms with van der Waals surface area (Å²) in [6.07, 6.45) is 3.66. The SMILES string of the molecule is COc1cncc(C(C)C)c1C. The van der Waals surface area contributed by atoms with E-state index in [1.165, 1.54) is 11.1 Å². The second-order valence-electron chi connectivity index (χ2n) is 3.21. The van der Waals surface area contributed by atoms with Gasteiger partial charge in [0.25, 0.3) is 0 Å². The summed E-state index contributed by atoms with van der Waals surface area (Å²) in [7, 11) is 1.67. The van der Waals surface area contributed by atoms with Crippen LogP contribution in [0.15, 0.2) is 12.4 Å². The van der Waals surface area contributed by atoms with Gasteiger partial charge in [0.15, 0.2) is 0 Å². The van der Waals surface area contributed by atoms with Crippen molar-refractivity contribution in [2.75, 3.05) is 7.11 Å². The minimum Gasteiger partial charge on any atom is -0.495 e. The molecule has 1 aromatic heterocycles. The first-order chi connectivity index (χ1) is 5.66. The first kappa shape index (κ1) is 9.04. The molecular formula is C10H15NO. The summed E-state index contributed by atoms with van der Waals surface area (Å²) in [6.45, 7) is 6.38. The molecule has 0 aliphatic carbocycles. The molecular weight excluding hydrogens is 150 g/mol. The Kier molecular flexibility index (Phi) is 2.69. The van der Waals surface area contributed by atoms with Gasteiger partial charge in [-0.15, -0.1) is 0 Å². The highest BCUT2D eigenvalue weighted by molar-refractivity contribution is 5.37. The van der Waals surface area contributed by atoms with Crippen molar-refractivity contribution in [3.8, 4) is 5.75 Å². The van der Waals surface area contributed by atoms with Crippen LogP contribution in [0.3, 0.4) is 0 Å². The van der Waals surface area contributed by atoms with Gasteiger partial charge in [-0.25, -0.2) is 0 Å². The molecule has 0 aliphatic heterocycles. The van der Waals surface area contributed by atoms with Gasteiger partial charge in [0.1, 0.15) is 5.75 Å². The Morgan fingerprint density at radius 1 is 1.33 bits per heavy atom. The van der Waals surface area contributed by atoms with Crippen LogP contribution in [-0.2, 0) is 0 Å². The number of rotatable bonds is 2. The van der Waals surface area contributed by atoms with E-state index in [0.717, 1.165) is 5.75 Å². The van der Waals surface area contributed by atoms with Gasteiger partial charge in [0, 0.05) is 6.20 Å². The molecule has 0 N–H and O–H groups in total. The number of hydrogen-bond donors (Lipinski definition) is 0.